The summed E-state index contributed by atoms with van der Waals surface area (Å²) in [5.74, 6) is 1.91. The molecule has 1 aromatic heterocycles. The van der Waals surface area contributed by atoms with Gasteiger partial charge in [0, 0.05) is 25.2 Å². The Balaban J connectivity index is 1.37. The summed E-state index contributed by atoms with van der Waals surface area (Å²) >= 11 is 1.46. The number of rotatable bonds is 7. The van der Waals surface area contributed by atoms with Crippen molar-refractivity contribution >= 4 is 17.7 Å². The number of amides is 1. The molecule has 0 radical (unpaired) electrons. The van der Waals surface area contributed by atoms with Crippen molar-refractivity contribution in [2.75, 3.05) is 26.5 Å². The van der Waals surface area contributed by atoms with E-state index in [1.54, 1.807) is 14.2 Å². The molecule has 4 rings (SSSR count). The van der Waals surface area contributed by atoms with Gasteiger partial charge in [0.2, 0.25) is 5.91 Å². The Morgan fingerprint density at radius 2 is 1.84 bits per heavy atom. The van der Waals surface area contributed by atoms with Gasteiger partial charge in [0.25, 0.3) is 0 Å². The lowest BCUT2D eigenvalue weighted by Gasteiger charge is -2.29. The van der Waals surface area contributed by atoms with Gasteiger partial charge in [-0.1, -0.05) is 42.1 Å². The minimum atomic E-state index is 0.115. The molecule has 0 saturated heterocycles. The number of H-pyrrole nitrogens is 1. The number of imidazole rings is 1. The fourth-order valence-electron chi connectivity index (χ4n) is 3.81. The molecule has 0 saturated carbocycles. The summed E-state index contributed by atoms with van der Waals surface area (Å²) in [7, 11) is 3.27. The van der Waals surface area contributed by atoms with Crippen molar-refractivity contribution in [3.63, 3.8) is 0 Å². The fourth-order valence-corrected chi connectivity index (χ4v) is 4.66. The molecule has 2 heterocycles. The van der Waals surface area contributed by atoms with Crippen LogP contribution in [0.5, 0.6) is 11.5 Å². The van der Waals surface area contributed by atoms with Gasteiger partial charge >= 0.3 is 0 Å². The zero-order valence-electron chi connectivity index (χ0n) is 18.1. The average molecular weight is 438 g/mol. The molecule has 6 nitrogen and oxygen atoms in total. The average Bonchev–Trinajstić information content (AvgIpc) is 3.15. The number of nitrogens with zero attached hydrogens (tertiary/aromatic N) is 2. The molecular weight excluding hydrogens is 410 g/mol. The minimum absolute atomic E-state index is 0.115. The second kappa shape index (κ2) is 9.47. The van der Waals surface area contributed by atoms with Gasteiger partial charge in [-0.3, -0.25) is 4.79 Å². The van der Waals surface area contributed by atoms with Gasteiger partial charge in [0.1, 0.15) is 0 Å². The van der Waals surface area contributed by atoms with E-state index in [-0.39, 0.29) is 5.91 Å². The summed E-state index contributed by atoms with van der Waals surface area (Å²) in [6.07, 6.45) is 1.60. The molecule has 3 aromatic rings. The van der Waals surface area contributed by atoms with E-state index in [0.29, 0.717) is 24.6 Å². The van der Waals surface area contributed by atoms with E-state index in [0.717, 1.165) is 40.7 Å². The van der Waals surface area contributed by atoms with E-state index in [1.807, 2.05) is 42.2 Å². The highest BCUT2D eigenvalue weighted by Gasteiger charge is 2.23. The van der Waals surface area contributed by atoms with Crippen molar-refractivity contribution in [2.24, 2.45) is 0 Å². The van der Waals surface area contributed by atoms with Crippen molar-refractivity contribution in [1.29, 1.82) is 0 Å². The molecule has 0 atom stereocenters. The van der Waals surface area contributed by atoms with Gasteiger partial charge in [-0.2, -0.15) is 0 Å². The highest BCUT2D eigenvalue weighted by molar-refractivity contribution is 7.99. The van der Waals surface area contributed by atoms with E-state index in [2.05, 4.69) is 17.1 Å². The van der Waals surface area contributed by atoms with Gasteiger partial charge in [-0.25, -0.2) is 4.98 Å². The summed E-state index contributed by atoms with van der Waals surface area (Å²) < 4.78 is 10.8. The summed E-state index contributed by atoms with van der Waals surface area (Å²) in [4.78, 5) is 22.8. The van der Waals surface area contributed by atoms with Gasteiger partial charge in [0.15, 0.2) is 16.7 Å². The first kappa shape index (κ1) is 21.3. The Hall–Kier alpha value is -2.93. The number of aromatic nitrogens is 2. The van der Waals surface area contributed by atoms with Crippen LogP contribution in [-0.2, 0) is 24.2 Å². The largest absolute Gasteiger partial charge is 0.493 e. The normalized spacial score (nSPS) is 13.1. The van der Waals surface area contributed by atoms with Crippen LogP contribution in [0.4, 0.5) is 0 Å². The van der Waals surface area contributed by atoms with E-state index in [1.165, 1.54) is 22.9 Å². The zero-order chi connectivity index (χ0) is 21.8. The Morgan fingerprint density at radius 1 is 1.13 bits per heavy atom. The zero-order valence-corrected chi connectivity index (χ0v) is 18.9. The quantitative estimate of drug-likeness (QED) is 0.566. The summed E-state index contributed by atoms with van der Waals surface area (Å²) in [5, 5.41) is 0.792. The number of hydrogen-bond donors (Lipinski definition) is 1. The van der Waals surface area contributed by atoms with Gasteiger partial charge in [0.05, 0.1) is 25.7 Å². The lowest BCUT2D eigenvalue weighted by Crippen LogP contribution is -2.37. The van der Waals surface area contributed by atoms with Crippen molar-refractivity contribution in [1.82, 2.24) is 14.9 Å². The van der Waals surface area contributed by atoms with Crippen molar-refractivity contribution < 1.29 is 14.3 Å². The van der Waals surface area contributed by atoms with Crippen molar-refractivity contribution in [2.45, 2.75) is 31.5 Å². The van der Waals surface area contributed by atoms with Crippen LogP contribution < -0.4 is 9.47 Å². The molecule has 1 aliphatic rings. The van der Waals surface area contributed by atoms with Crippen LogP contribution in [0.2, 0.25) is 0 Å². The molecule has 0 unspecified atom stereocenters. The lowest BCUT2D eigenvalue weighted by atomic mass is 9.99. The third-order valence-electron chi connectivity index (χ3n) is 5.58. The highest BCUT2D eigenvalue weighted by atomic mass is 32.2. The van der Waals surface area contributed by atoms with Crippen LogP contribution in [0.25, 0.3) is 0 Å². The van der Waals surface area contributed by atoms with Crippen molar-refractivity contribution in [3.05, 3.63) is 70.5 Å². The smallest absolute Gasteiger partial charge is 0.233 e. The second-order valence-electron chi connectivity index (χ2n) is 7.61. The number of carbonyl (C=O) groups excluding carboxylic acids is 1. The summed E-state index contributed by atoms with van der Waals surface area (Å²) in [5.41, 5.74) is 5.62. The van der Waals surface area contributed by atoms with E-state index in [4.69, 9.17) is 14.5 Å². The Morgan fingerprint density at radius 3 is 2.55 bits per heavy atom. The summed E-state index contributed by atoms with van der Waals surface area (Å²) in [6.45, 7) is 3.32. The third kappa shape index (κ3) is 4.88. The molecule has 0 fully saturated rings. The summed E-state index contributed by atoms with van der Waals surface area (Å²) in [6, 6.07) is 14.3. The number of aryl methyl sites for hydroxylation is 1. The number of aromatic amines is 1. The molecule has 1 aliphatic heterocycles. The number of carbonyl (C=O) groups is 1. The molecule has 7 heteroatoms. The predicted octanol–water partition coefficient (Wildman–Crippen LogP) is 4.00. The van der Waals surface area contributed by atoms with E-state index in [9.17, 15) is 4.79 Å². The first-order valence-electron chi connectivity index (χ1n) is 10.3. The monoisotopic (exact) mass is 437 g/mol. The number of hydrogen-bond acceptors (Lipinski definition) is 5. The number of thioether (sulfide) groups is 1. The van der Waals surface area contributed by atoms with Crippen LogP contribution in [0, 0.1) is 6.92 Å². The number of methoxy groups -OCH3 is 2. The number of fused-ring (bicyclic) bond motifs is 1. The Bertz CT molecular complexity index is 1070. The fraction of sp³-hybridized carbons (Fsp3) is 0.333. The molecule has 0 aliphatic carbocycles. The molecule has 162 valence electrons. The maximum Gasteiger partial charge on any atom is 0.233 e. The minimum Gasteiger partial charge on any atom is -0.493 e. The maximum atomic E-state index is 12.8. The molecule has 0 bridgehead atoms. The Labute approximate surface area is 187 Å². The predicted molar refractivity (Wildman–Crippen MR) is 122 cm³/mol. The molecule has 1 N–H and O–H groups in total. The molecule has 31 heavy (non-hydrogen) atoms. The molecule has 0 spiro atoms. The van der Waals surface area contributed by atoms with Gasteiger partial charge in [-0.15, -0.1) is 0 Å². The first-order chi connectivity index (χ1) is 15.1. The van der Waals surface area contributed by atoms with Crippen molar-refractivity contribution in [3.8, 4) is 11.5 Å². The van der Waals surface area contributed by atoms with E-state index >= 15 is 0 Å². The Kier molecular flexibility index (Phi) is 6.51. The third-order valence-corrected chi connectivity index (χ3v) is 6.44. The first-order valence-corrected chi connectivity index (χ1v) is 11.3. The van der Waals surface area contributed by atoms with Gasteiger partial charge in [-0.05, 0) is 42.2 Å². The van der Waals surface area contributed by atoms with Gasteiger partial charge < -0.3 is 19.4 Å². The van der Waals surface area contributed by atoms with Crippen LogP contribution in [0.15, 0.2) is 47.6 Å². The SMILES string of the molecule is COc1cc2c(cc1OC)CN(C(=O)CSc1nc(Cc3ccccc3)c(C)[nH]1)CC2. The standard InChI is InChI=1S/C24H27N3O3S/c1-16-20(11-17-7-5-4-6-8-17)26-24(25-16)31-15-23(28)27-10-9-18-12-21(29-2)22(30-3)13-19(18)14-27/h4-8,12-13H,9-11,14-15H2,1-3H3,(H,25,26). The van der Waals surface area contributed by atoms with Crippen LogP contribution in [0.3, 0.4) is 0 Å². The maximum absolute atomic E-state index is 12.8. The second-order valence-corrected chi connectivity index (χ2v) is 8.57. The van der Waals surface area contributed by atoms with E-state index < -0.39 is 0 Å². The highest BCUT2D eigenvalue weighted by Crippen LogP contribution is 2.33. The van der Waals surface area contributed by atoms with Crippen LogP contribution >= 0.6 is 11.8 Å². The topological polar surface area (TPSA) is 67.5 Å². The number of benzene rings is 2. The number of nitrogens with one attached hydrogen (secondary N) is 1. The van der Waals surface area contributed by atoms with Crippen LogP contribution in [-0.4, -0.2) is 47.3 Å². The molecular formula is C24H27N3O3S. The molecule has 1 amide bonds. The lowest BCUT2D eigenvalue weighted by molar-refractivity contribution is -0.129. The van der Waals surface area contributed by atoms with Crippen LogP contribution in [0.1, 0.15) is 28.1 Å². The molecule has 2 aromatic carbocycles. The number of ether oxygens (including phenoxy) is 2.